The van der Waals surface area contributed by atoms with Crippen LogP contribution in [0.5, 0.6) is 0 Å². The van der Waals surface area contributed by atoms with Gasteiger partial charge in [0, 0.05) is 38.3 Å². The van der Waals surface area contributed by atoms with Crippen molar-refractivity contribution in [1.82, 2.24) is 15.3 Å². The van der Waals surface area contributed by atoms with E-state index in [2.05, 4.69) is 50.9 Å². The lowest BCUT2D eigenvalue weighted by Crippen LogP contribution is -2.40. The van der Waals surface area contributed by atoms with Gasteiger partial charge >= 0.3 is 0 Å². The van der Waals surface area contributed by atoms with Crippen molar-refractivity contribution < 1.29 is 14.3 Å². The van der Waals surface area contributed by atoms with E-state index in [0.717, 1.165) is 73.6 Å². The van der Waals surface area contributed by atoms with Crippen LogP contribution in [0.15, 0.2) is 36.7 Å². The first-order chi connectivity index (χ1) is 16.2. The van der Waals surface area contributed by atoms with Gasteiger partial charge in [0.15, 0.2) is 0 Å². The molecular formula is C25H30N4O3S. The summed E-state index contributed by atoms with van der Waals surface area (Å²) in [5.41, 5.74) is 2.23. The normalized spacial score (nSPS) is 20.1. The predicted molar refractivity (Wildman–Crippen MR) is 130 cm³/mol. The number of hydrogen-bond acceptors (Lipinski definition) is 7. The Hall–Kier alpha value is -2.55. The minimum absolute atomic E-state index is 0.0117. The molecule has 8 heteroatoms. The van der Waals surface area contributed by atoms with Gasteiger partial charge in [-0.15, -0.1) is 11.3 Å². The maximum Gasteiger partial charge on any atom is 0.261 e. The number of benzene rings is 1. The van der Waals surface area contributed by atoms with E-state index in [-0.39, 0.29) is 17.4 Å². The molecule has 0 radical (unpaired) electrons. The van der Waals surface area contributed by atoms with Crippen LogP contribution in [0.1, 0.15) is 46.5 Å². The molecule has 1 amide bonds. The van der Waals surface area contributed by atoms with E-state index in [4.69, 9.17) is 9.47 Å². The molecule has 2 aliphatic heterocycles. The maximum absolute atomic E-state index is 12.9. The fourth-order valence-electron chi connectivity index (χ4n) is 4.89. The molecule has 5 rings (SSSR count). The summed E-state index contributed by atoms with van der Waals surface area (Å²) < 4.78 is 11.3. The van der Waals surface area contributed by atoms with Crippen LogP contribution in [0.4, 0.5) is 5.82 Å². The second kappa shape index (κ2) is 9.75. The summed E-state index contributed by atoms with van der Waals surface area (Å²) >= 11 is 1.42. The highest BCUT2D eigenvalue weighted by atomic mass is 32.1. The Morgan fingerprint density at radius 1 is 1.18 bits per heavy atom. The van der Waals surface area contributed by atoms with Crippen molar-refractivity contribution in [3.63, 3.8) is 0 Å². The van der Waals surface area contributed by atoms with Gasteiger partial charge in [-0.25, -0.2) is 9.97 Å². The van der Waals surface area contributed by atoms with Crippen LogP contribution in [0.25, 0.3) is 10.2 Å². The zero-order valence-electron chi connectivity index (χ0n) is 18.9. The van der Waals surface area contributed by atoms with Crippen molar-refractivity contribution in [3.05, 3.63) is 52.7 Å². The van der Waals surface area contributed by atoms with Crippen LogP contribution in [-0.2, 0) is 14.9 Å². The molecule has 2 aromatic heterocycles. The van der Waals surface area contributed by atoms with Crippen molar-refractivity contribution in [2.75, 3.05) is 38.2 Å². The molecule has 3 aromatic rings. The molecule has 1 atom stereocenters. The van der Waals surface area contributed by atoms with Crippen LogP contribution < -0.4 is 10.6 Å². The highest BCUT2D eigenvalue weighted by Crippen LogP contribution is 2.37. The Morgan fingerprint density at radius 3 is 2.76 bits per heavy atom. The Labute approximate surface area is 197 Å². The molecule has 0 spiro atoms. The lowest BCUT2D eigenvalue weighted by Gasteiger charge is -2.38. The SMILES string of the molecule is Cc1c(C(=O)NC[C@H]2CCCO2)sc2ncnc(NCC3(c4ccccc4)CCOCC3)c12. The van der Waals surface area contributed by atoms with Crippen LogP contribution in [-0.4, -0.2) is 54.9 Å². The van der Waals surface area contributed by atoms with Crippen LogP contribution in [0.2, 0.25) is 0 Å². The number of carbonyl (C=O) groups excluding carboxylic acids is 1. The number of aryl methyl sites for hydroxylation is 1. The number of aromatic nitrogens is 2. The van der Waals surface area contributed by atoms with Crippen molar-refractivity contribution in [1.29, 1.82) is 0 Å². The maximum atomic E-state index is 12.9. The van der Waals surface area contributed by atoms with Crippen LogP contribution in [0.3, 0.4) is 0 Å². The molecule has 2 saturated heterocycles. The number of anilines is 1. The number of carbonyl (C=O) groups is 1. The van der Waals surface area contributed by atoms with E-state index >= 15 is 0 Å². The van der Waals surface area contributed by atoms with Gasteiger partial charge in [-0.3, -0.25) is 4.79 Å². The van der Waals surface area contributed by atoms with Gasteiger partial charge in [0.2, 0.25) is 0 Å². The average molecular weight is 467 g/mol. The molecule has 1 aromatic carbocycles. The predicted octanol–water partition coefficient (Wildman–Crippen LogP) is 4.07. The first-order valence-corrected chi connectivity index (χ1v) is 12.5. The molecule has 0 saturated carbocycles. The number of thiophene rings is 1. The van der Waals surface area contributed by atoms with E-state index in [9.17, 15) is 4.79 Å². The van der Waals surface area contributed by atoms with E-state index < -0.39 is 0 Å². The minimum Gasteiger partial charge on any atom is -0.381 e. The molecule has 4 heterocycles. The molecular weight excluding hydrogens is 436 g/mol. The summed E-state index contributed by atoms with van der Waals surface area (Å²) in [7, 11) is 0. The number of ether oxygens (including phenoxy) is 2. The zero-order valence-corrected chi connectivity index (χ0v) is 19.7. The molecule has 0 bridgehead atoms. The van der Waals surface area contributed by atoms with E-state index in [1.54, 1.807) is 6.33 Å². The second-order valence-corrected chi connectivity index (χ2v) is 9.92. The Kier molecular flexibility index (Phi) is 6.57. The van der Waals surface area contributed by atoms with Gasteiger partial charge in [-0.05, 0) is 43.7 Å². The molecule has 33 heavy (non-hydrogen) atoms. The van der Waals surface area contributed by atoms with Crippen molar-refractivity contribution >= 4 is 33.3 Å². The summed E-state index contributed by atoms with van der Waals surface area (Å²) in [4.78, 5) is 23.4. The first-order valence-electron chi connectivity index (χ1n) is 11.7. The summed E-state index contributed by atoms with van der Waals surface area (Å²) in [6.07, 6.45) is 5.67. The number of amides is 1. The van der Waals surface area contributed by atoms with Gasteiger partial charge in [0.25, 0.3) is 5.91 Å². The van der Waals surface area contributed by atoms with E-state index in [1.807, 2.05) is 6.92 Å². The number of nitrogens with one attached hydrogen (secondary N) is 2. The number of hydrogen-bond donors (Lipinski definition) is 2. The van der Waals surface area contributed by atoms with Crippen molar-refractivity contribution in [3.8, 4) is 0 Å². The van der Waals surface area contributed by atoms with Gasteiger partial charge in [-0.2, -0.15) is 0 Å². The third-order valence-corrected chi connectivity index (χ3v) is 8.08. The lowest BCUT2D eigenvalue weighted by molar-refractivity contribution is 0.0544. The molecule has 174 valence electrons. The molecule has 0 unspecified atom stereocenters. The summed E-state index contributed by atoms with van der Waals surface area (Å²) in [6.45, 7) is 5.57. The number of nitrogens with zero attached hydrogens (tertiary/aromatic N) is 2. The third-order valence-electron chi connectivity index (χ3n) is 6.88. The Bertz CT molecular complexity index is 1110. The van der Waals surface area contributed by atoms with Crippen LogP contribution >= 0.6 is 11.3 Å². The standard InChI is InChI=1S/C25H30N4O3S/c1-17-20-22(27-15-25(9-12-31-13-10-25)18-6-3-2-4-7-18)28-16-29-24(20)33-21(17)23(30)26-14-19-8-5-11-32-19/h2-4,6-7,16,19H,5,8-15H2,1H3,(H,26,30)(H,27,28,29)/t19-/m1/s1. The van der Waals surface area contributed by atoms with Gasteiger partial charge in [0.05, 0.1) is 16.4 Å². The Morgan fingerprint density at radius 2 is 2.00 bits per heavy atom. The largest absolute Gasteiger partial charge is 0.381 e. The fourth-order valence-corrected chi connectivity index (χ4v) is 5.95. The second-order valence-electron chi connectivity index (χ2n) is 8.92. The summed E-state index contributed by atoms with van der Waals surface area (Å²) in [5, 5.41) is 7.58. The Balaban J connectivity index is 1.37. The fraction of sp³-hybridized carbons (Fsp3) is 0.480. The highest BCUT2D eigenvalue weighted by molar-refractivity contribution is 7.20. The van der Waals surface area contributed by atoms with Gasteiger partial charge in [0.1, 0.15) is 17.0 Å². The van der Waals surface area contributed by atoms with Crippen molar-refractivity contribution in [2.45, 2.75) is 44.1 Å². The van der Waals surface area contributed by atoms with E-state index in [0.29, 0.717) is 11.4 Å². The highest BCUT2D eigenvalue weighted by Gasteiger charge is 2.34. The molecule has 2 aliphatic rings. The smallest absolute Gasteiger partial charge is 0.261 e. The average Bonchev–Trinajstić information content (AvgIpc) is 3.51. The van der Waals surface area contributed by atoms with Crippen molar-refractivity contribution in [2.24, 2.45) is 0 Å². The van der Waals surface area contributed by atoms with Gasteiger partial charge < -0.3 is 20.1 Å². The molecule has 2 N–H and O–H groups in total. The quantitative estimate of drug-likeness (QED) is 0.546. The lowest BCUT2D eigenvalue weighted by atomic mass is 9.74. The summed E-state index contributed by atoms with van der Waals surface area (Å²) in [5.74, 6) is 0.718. The first kappa shape index (κ1) is 22.3. The zero-order chi connectivity index (χ0) is 22.7. The number of rotatable bonds is 7. The van der Waals surface area contributed by atoms with Crippen LogP contribution in [0, 0.1) is 6.92 Å². The molecule has 7 nitrogen and oxygen atoms in total. The minimum atomic E-state index is -0.0675. The summed E-state index contributed by atoms with van der Waals surface area (Å²) in [6, 6.07) is 10.7. The monoisotopic (exact) mass is 466 g/mol. The number of fused-ring (bicyclic) bond motifs is 1. The molecule has 2 fully saturated rings. The van der Waals surface area contributed by atoms with E-state index in [1.165, 1.54) is 16.9 Å². The van der Waals surface area contributed by atoms with Gasteiger partial charge in [-0.1, -0.05) is 30.3 Å². The third kappa shape index (κ3) is 4.60. The topological polar surface area (TPSA) is 85.4 Å². The molecule has 0 aliphatic carbocycles.